The second-order valence-electron chi connectivity index (χ2n) is 8.34. The van der Waals surface area contributed by atoms with Crippen LogP contribution in [0.15, 0.2) is 108 Å². The van der Waals surface area contributed by atoms with Gasteiger partial charge in [-0.1, -0.05) is 78.9 Å². The number of carbonyl (C=O) groups is 1. The highest BCUT2D eigenvalue weighted by molar-refractivity contribution is 7.86. The molecule has 4 rings (SSSR count). The van der Waals surface area contributed by atoms with Crippen LogP contribution in [0.1, 0.15) is 23.1 Å². The third kappa shape index (κ3) is 7.62. The number of rotatable bonds is 9. The van der Waals surface area contributed by atoms with E-state index >= 15 is 0 Å². The number of aryl methyl sites for hydroxylation is 1. The van der Waals surface area contributed by atoms with E-state index in [1.54, 1.807) is 30.3 Å². The second-order valence-corrected chi connectivity index (χ2v) is 9.52. The van der Waals surface area contributed by atoms with E-state index in [-0.39, 0.29) is 30.5 Å². The van der Waals surface area contributed by atoms with Gasteiger partial charge in [-0.3, -0.25) is 4.79 Å². The van der Waals surface area contributed by atoms with Crippen LogP contribution in [0.5, 0.6) is 0 Å². The molecule has 4 aromatic carbocycles. The van der Waals surface area contributed by atoms with Gasteiger partial charge < -0.3 is 10.2 Å². The van der Waals surface area contributed by atoms with Gasteiger partial charge in [0.05, 0.1) is 10.5 Å². The van der Waals surface area contributed by atoms with Gasteiger partial charge >= 0.3 is 6.18 Å². The number of nitrogens with one attached hydrogen (secondary N) is 1. The first-order valence-corrected chi connectivity index (χ1v) is 12.5. The van der Waals surface area contributed by atoms with Gasteiger partial charge in [-0.05, 0) is 52.9 Å². The second kappa shape index (κ2) is 12.5. The molecule has 192 valence electrons. The zero-order valence-corrected chi connectivity index (χ0v) is 20.6. The third-order valence-corrected chi connectivity index (χ3v) is 6.86. The molecule has 8 heteroatoms. The summed E-state index contributed by atoms with van der Waals surface area (Å²) in [6, 6.07) is 29.4. The number of Topliss-reactive ketones (excluding diaryl/α,β-unsaturated/α-hetero) is 1. The van der Waals surface area contributed by atoms with Gasteiger partial charge in [-0.25, -0.2) is 4.21 Å². The van der Waals surface area contributed by atoms with Crippen LogP contribution in [-0.4, -0.2) is 15.5 Å². The molecular weight excluding hydrogens is 499 g/mol. The molecule has 0 aromatic heterocycles. The normalized spacial score (nSPS) is 11.9. The number of alkyl halides is 3. The molecule has 0 saturated carbocycles. The van der Waals surface area contributed by atoms with E-state index in [1.165, 1.54) is 6.07 Å². The molecule has 0 fully saturated rings. The van der Waals surface area contributed by atoms with Crippen molar-refractivity contribution in [3.05, 3.63) is 120 Å². The largest absolute Gasteiger partial charge is 0.416 e. The molecule has 0 saturated heterocycles. The number of carbonyl (C=O) groups excluding carboxylic acids is 1. The summed E-state index contributed by atoms with van der Waals surface area (Å²) in [5, 5.41) is 0. The van der Waals surface area contributed by atoms with Crippen molar-refractivity contribution < 1.29 is 27.7 Å². The monoisotopic (exact) mass is 525 g/mol. The molecule has 1 atom stereocenters. The topological polar surface area (TPSA) is 77.7 Å². The molecule has 0 bridgehead atoms. The predicted octanol–water partition coefficient (Wildman–Crippen LogP) is 6.43. The Kier molecular flexibility index (Phi) is 9.38. The SMILES string of the molecule is O.O=C(CCc1cccc(C(F)(F)F)c1)Cc1ccc(NS(=O)c2ccccc2-c2ccccc2)cc1. The van der Waals surface area contributed by atoms with E-state index in [9.17, 15) is 22.2 Å². The van der Waals surface area contributed by atoms with Crippen molar-refractivity contribution in [2.45, 2.75) is 30.3 Å². The molecule has 0 spiro atoms. The Hall–Kier alpha value is -3.75. The molecule has 0 heterocycles. The smallest absolute Gasteiger partial charge is 0.412 e. The lowest BCUT2D eigenvalue weighted by molar-refractivity contribution is -0.137. The minimum Gasteiger partial charge on any atom is -0.412 e. The van der Waals surface area contributed by atoms with E-state index in [0.29, 0.717) is 16.1 Å². The molecular formula is C29H26F3NO3S. The van der Waals surface area contributed by atoms with Gasteiger partial charge in [0.1, 0.15) is 5.78 Å². The molecule has 0 amide bonds. The molecule has 0 aliphatic heterocycles. The molecule has 37 heavy (non-hydrogen) atoms. The van der Waals surface area contributed by atoms with Gasteiger partial charge in [0.2, 0.25) is 0 Å². The standard InChI is InChI=1S/C29H24F3NO2S.H2O/c30-29(31,32)24-10-6-7-21(19-24)15-18-26(34)20-22-13-16-25(17-14-22)33-36(35)28-12-5-4-11-27(28)23-8-2-1-3-9-23;/h1-14,16-17,19,33H,15,18,20H2;1H2. The minimum atomic E-state index is -4.40. The first-order chi connectivity index (χ1) is 17.3. The van der Waals surface area contributed by atoms with E-state index in [1.807, 2.05) is 54.6 Å². The first kappa shape index (κ1) is 27.8. The Labute approximate surface area is 216 Å². The van der Waals surface area contributed by atoms with Gasteiger partial charge in [0, 0.05) is 18.5 Å². The fourth-order valence-electron chi connectivity index (χ4n) is 3.84. The highest BCUT2D eigenvalue weighted by Crippen LogP contribution is 2.30. The number of hydrogen-bond donors (Lipinski definition) is 1. The Morgan fingerprint density at radius 2 is 1.46 bits per heavy atom. The highest BCUT2D eigenvalue weighted by atomic mass is 32.2. The highest BCUT2D eigenvalue weighted by Gasteiger charge is 2.30. The summed E-state index contributed by atoms with van der Waals surface area (Å²) in [6.45, 7) is 0. The summed E-state index contributed by atoms with van der Waals surface area (Å²) in [7, 11) is -1.49. The van der Waals surface area contributed by atoms with Gasteiger partial charge in [0.25, 0.3) is 0 Å². The van der Waals surface area contributed by atoms with Crippen LogP contribution in [0, 0.1) is 0 Å². The Bertz CT molecular complexity index is 1360. The fourth-order valence-corrected chi connectivity index (χ4v) is 4.89. The molecule has 1 unspecified atom stereocenters. The maximum Gasteiger partial charge on any atom is 0.416 e. The van der Waals surface area contributed by atoms with Gasteiger partial charge in [-0.15, -0.1) is 0 Å². The van der Waals surface area contributed by atoms with Crippen LogP contribution in [0.25, 0.3) is 11.1 Å². The number of anilines is 1. The third-order valence-electron chi connectivity index (χ3n) is 5.68. The number of ketones is 1. The van der Waals surface area contributed by atoms with Crippen LogP contribution in [-0.2, 0) is 34.8 Å². The minimum absolute atomic E-state index is 0. The zero-order valence-electron chi connectivity index (χ0n) is 19.8. The fraction of sp³-hybridized carbons (Fsp3) is 0.138. The summed E-state index contributed by atoms with van der Waals surface area (Å²) in [6.07, 6.45) is -3.81. The van der Waals surface area contributed by atoms with Crippen molar-refractivity contribution in [3.63, 3.8) is 0 Å². The van der Waals surface area contributed by atoms with Crippen LogP contribution in [0.4, 0.5) is 18.9 Å². The van der Waals surface area contributed by atoms with Crippen LogP contribution >= 0.6 is 0 Å². The van der Waals surface area contributed by atoms with Gasteiger partial charge in [0.15, 0.2) is 11.0 Å². The molecule has 0 radical (unpaired) electrons. The maximum atomic E-state index is 13.1. The summed E-state index contributed by atoms with van der Waals surface area (Å²) in [4.78, 5) is 13.1. The van der Waals surface area contributed by atoms with Crippen molar-refractivity contribution in [2.75, 3.05) is 4.72 Å². The lowest BCUT2D eigenvalue weighted by Crippen LogP contribution is -2.08. The summed E-state index contributed by atoms with van der Waals surface area (Å²) < 4.78 is 54.7. The van der Waals surface area contributed by atoms with E-state index in [4.69, 9.17) is 0 Å². The van der Waals surface area contributed by atoms with Crippen LogP contribution in [0.3, 0.4) is 0 Å². The Morgan fingerprint density at radius 3 is 2.16 bits per heavy atom. The quantitative estimate of drug-likeness (QED) is 0.273. The molecule has 3 N–H and O–H groups in total. The van der Waals surface area contributed by atoms with Crippen LogP contribution in [0.2, 0.25) is 0 Å². The van der Waals surface area contributed by atoms with Crippen LogP contribution < -0.4 is 4.72 Å². The zero-order chi connectivity index (χ0) is 25.5. The van der Waals surface area contributed by atoms with Crippen molar-refractivity contribution >= 4 is 22.5 Å². The molecule has 0 aliphatic carbocycles. The van der Waals surface area contributed by atoms with Crippen molar-refractivity contribution in [1.82, 2.24) is 0 Å². The molecule has 4 nitrogen and oxygen atoms in total. The lowest BCUT2D eigenvalue weighted by Gasteiger charge is -2.11. The number of hydrogen-bond acceptors (Lipinski definition) is 2. The van der Waals surface area contributed by atoms with E-state index < -0.39 is 22.7 Å². The lowest BCUT2D eigenvalue weighted by atomic mass is 10.0. The average Bonchev–Trinajstić information content (AvgIpc) is 2.89. The van der Waals surface area contributed by atoms with E-state index in [0.717, 1.165) is 28.8 Å². The summed E-state index contributed by atoms with van der Waals surface area (Å²) >= 11 is 0. The molecule has 0 aliphatic rings. The summed E-state index contributed by atoms with van der Waals surface area (Å²) in [5.41, 5.74) is 3.06. The van der Waals surface area contributed by atoms with Crippen molar-refractivity contribution in [3.8, 4) is 11.1 Å². The number of benzene rings is 4. The van der Waals surface area contributed by atoms with E-state index in [2.05, 4.69) is 4.72 Å². The molecule has 4 aromatic rings. The summed E-state index contributed by atoms with van der Waals surface area (Å²) in [5.74, 6) is -0.0616. The maximum absolute atomic E-state index is 13.1. The van der Waals surface area contributed by atoms with Crippen molar-refractivity contribution in [2.24, 2.45) is 0 Å². The Balaban J connectivity index is 0.00000380. The average molecular weight is 526 g/mol. The van der Waals surface area contributed by atoms with Crippen molar-refractivity contribution in [1.29, 1.82) is 0 Å². The first-order valence-electron chi connectivity index (χ1n) is 11.4. The predicted molar refractivity (Wildman–Crippen MR) is 140 cm³/mol. The van der Waals surface area contributed by atoms with Gasteiger partial charge in [-0.2, -0.15) is 13.2 Å². The number of halogens is 3. The Morgan fingerprint density at radius 1 is 0.784 bits per heavy atom.